The van der Waals surface area contributed by atoms with E-state index in [1.807, 2.05) is 0 Å². The van der Waals surface area contributed by atoms with Gasteiger partial charge in [-0.3, -0.25) is 4.90 Å². The van der Waals surface area contributed by atoms with E-state index in [9.17, 15) is 0 Å². The van der Waals surface area contributed by atoms with E-state index in [0.29, 0.717) is 5.54 Å². The van der Waals surface area contributed by atoms with Crippen molar-refractivity contribution in [2.24, 2.45) is 0 Å². The third-order valence-corrected chi connectivity index (χ3v) is 3.22. The Kier molecular flexibility index (Phi) is 2.71. The molecule has 0 spiro atoms. The minimum Gasteiger partial charge on any atom is -0.298 e. The normalized spacial score (nSPS) is 23.1. The quantitative estimate of drug-likeness (QED) is 0.487. The van der Waals surface area contributed by atoms with Crippen LogP contribution in [0.2, 0.25) is 0 Å². The summed E-state index contributed by atoms with van der Waals surface area (Å²) in [5.41, 5.74) is 0.408. The number of rotatable bonds is 0. The zero-order valence-electron chi connectivity index (χ0n) is 7.28. The second kappa shape index (κ2) is 3.19. The lowest BCUT2D eigenvalue weighted by molar-refractivity contribution is 0.152. The van der Waals surface area contributed by atoms with Gasteiger partial charge in [0.15, 0.2) is 0 Å². The summed E-state index contributed by atoms with van der Waals surface area (Å²) in [5.74, 6) is 0. The molecule has 0 unspecified atom stereocenters. The van der Waals surface area contributed by atoms with Gasteiger partial charge in [0.25, 0.3) is 0 Å². The molecule has 0 aliphatic carbocycles. The van der Waals surface area contributed by atoms with E-state index in [0.717, 1.165) is 0 Å². The van der Waals surface area contributed by atoms with Crippen molar-refractivity contribution in [2.45, 2.75) is 26.3 Å². The molecule has 2 heteroatoms. The van der Waals surface area contributed by atoms with E-state index < -0.39 is 0 Å². The fourth-order valence-corrected chi connectivity index (χ4v) is 2.44. The van der Waals surface area contributed by atoms with Gasteiger partial charge >= 0.3 is 0 Å². The molecular formula is C8H18NP. The molecule has 60 valence electrons. The van der Waals surface area contributed by atoms with Gasteiger partial charge in [-0.1, -0.05) is 0 Å². The number of hydrogen-bond donors (Lipinski definition) is 0. The highest BCUT2D eigenvalue weighted by atomic mass is 31.1. The van der Waals surface area contributed by atoms with Crippen LogP contribution in [-0.4, -0.2) is 35.9 Å². The molecule has 0 amide bonds. The molecule has 10 heavy (non-hydrogen) atoms. The molecule has 1 aliphatic heterocycles. The summed E-state index contributed by atoms with van der Waals surface area (Å²) in [6, 6.07) is 0. The van der Waals surface area contributed by atoms with Crippen molar-refractivity contribution in [3.8, 4) is 0 Å². The second-order valence-corrected chi connectivity index (χ2v) is 5.41. The van der Waals surface area contributed by atoms with Gasteiger partial charge < -0.3 is 0 Å². The van der Waals surface area contributed by atoms with Crippen LogP contribution in [0.4, 0.5) is 0 Å². The average Bonchev–Trinajstić information content (AvgIpc) is 1.88. The predicted octanol–water partition coefficient (Wildman–Crippen LogP) is 1.78. The minimum atomic E-state index is 0.408. The van der Waals surface area contributed by atoms with Crippen LogP contribution in [0.15, 0.2) is 0 Å². The first-order valence-electron chi connectivity index (χ1n) is 4.06. The first-order valence-corrected chi connectivity index (χ1v) is 5.48. The van der Waals surface area contributed by atoms with Crippen molar-refractivity contribution in [1.29, 1.82) is 0 Å². The fourth-order valence-electron chi connectivity index (χ4n) is 1.34. The lowest BCUT2D eigenvalue weighted by Crippen LogP contribution is -2.45. The van der Waals surface area contributed by atoms with Gasteiger partial charge in [-0.05, 0) is 33.1 Å². The molecule has 0 atom stereocenters. The van der Waals surface area contributed by atoms with Crippen molar-refractivity contribution in [1.82, 2.24) is 4.90 Å². The van der Waals surface area contributed by atoms with Gasteiger partial charge in [-0.2, -0.15) is 0 Å². The molecule has 0 aromatic rings. The van der Waals surface area contributed by atoms with Gasteiger partial charge in [0, 0.05) is 18.6 Å². The Hall–Kier alpha value is 0.390. The molecular weight excluding hydrogens is 141 g/mol. The van der Waals surface area contributed by atoms with Gasteiger partial charge in [0.1, 0.15) is 0 Å². The Morgan fingerprint density at radius 1 is 1.10 bits per heavy atom. The van der Waals surface area contributed by atoms with Crippen molar-refractivity contribution in [2.75, 3.05) is 25.4 Å². The van der Waals surface area contributed by atoms with Crippen LogP contribution in [0, 0.1) is 0 Å². The van der Waals surface area contributed by atoms with Crippen LogP contribution in [-0.2, 0) is 0 Å². The van der Waals surface area contributed by atoms with Crippen molar-refractivity contribution in [3.05, 3.63) is 0 Å². The molecule has 1 nitrogen and oxygen atoms in total. The molecule has 0 aromatic carbocycles. The van der Waals surface area contributed by atoms with Crippen LogP contribution in [0.1, 0.15) is 20.8 Å². The highest BCUT2D eigenvalue weighted by Gasteiger charge is 2.21. The molecule has 0 saturated carbocycles. The number of hydrogen-bond acceptors (Lipinski definition) is 1. The van der Waals surface area contributed by atoms with Crippen LogP contribution < -0.4 is 0 Å². The molecule has 1 heterocycles. The first-order chi connectivity index (χ1) is 4.61. The number of nitrogens with zero attached hydrogens (tertiary/aromatic N) is 1. The molecule has 1 rings (SSSR count). The van der Waals surface area contributed by atoms with E-state index >= 15 is 0 Å². The highest BCUT2D eigenvalue weighted by molar-refractivity contribution is 7.38. The SMILES string of the molecule is CC(C)(C)N1CCPCC1. The summed E-state index contributed by atoms with van der Waals surface area (Å²) in [6.45, 7) is 9.56. The third-order valence-electron chi connectivity index (χ3n) is 2.07. The largest absolute Gasteiger partial charge is 0.298 e. The monoisotopic (exact) mass is 159 g/mol. The maximum atomic E-state index is 2.59. The Bertz CT molecular complexity index is 100. The van der Waals surface area contributed by atoms with Crippen molar-refractivity contribution >= 4 is 8.58 Å². The predicted molar refractivity (Wildman–Crippen MR) is 49.4 cm³/mol. The fraction of sp³-hybridized carbons (Fsp3) is 1.00. The zero-order valence-corrected chi connectivity index (χ0v) is 8.28. The standard InChI is InChI=1S/C8H18NP/c1-8(2,3)9-4-6-10-7-5-9/h10H,4-7H2,1-3H3. The van der Waals surface area contributed by atoms with Crippen molar-refractivity contribution < 1.29 is 0 Å². The molecule has 0 aromatic heterocycles. The Morgan fingerprint density at radius 3 is 1.90 bits per heavy atom. The zero-order chi connectivity index (χ0) is 7.61. The lowest BCUT2D eigenvalue weighted by Gasteiger charge is -2.38. The van der Waals surface area contributed by atoms with E-state index in [2.05, 4.69) is 25.7 Å². The van der Waals surface area contributed by atoms with Crippen LogP contribution >= 0.6 is 8.58 Å². The van der Waals surface area contributed by atoms with E-state index in [4.69, 9.17) is 0 Å². The molecule has 0 bridgehead atoms. The third kappa shape index (κ3) is 2.21. The van der Waals surface area contributed by atoms with Crippen LogP contribution in [0.25, 0.3) is 0 Å². The Labute approximate surface area is 66.0 Å². The first kappa shape index (κ1) is 8.49. The summed E-state index contributed by atoms with van der Waals surface area (Å²) in [5, 5.41) is 0. The lowest BCUT2D eigenvalue weighted by atomic mass is 10.1. The van der Waals surface area contributed by atoms with Gasteiger partial charge in [-0.25, -0.2) is 0 Å². The van der Waals surface area contributed by atoms with E-state index in [1.54, 1.807) is 0 Å². The van der Waals surface area contributed by atoms with Gasteiger partial charge in [-0.15, -0.1) is 8.58 Å². The van der Waals surface area contributed by atoms with Gasteiger partial charge in [0.05, 0.1) is 0 Å². The molecule has 0 N–H and O–H groups in total. The summed E-state index contributed by atoms with van der Waals surface area (Å²) in [4.78, 5) is 2.59. The average molecular weight is 159 g/mol. The molecule has 1 saturated heterocycles. The summed E-state index contributed by atoms with van der Waals surface area (Å²) < 4.78 is 0. The van der Waals surface area contributed by atoms with E-state index in [1.165, 1.54) is 34.0 Å². The Balaban J connectivity index is 2.39. The Morgan fingerprint density at radius 2 is 1.60 bits per heavy atom. The highest BCUT2D eigenvalue weighted by Crippen LogP contribution is 2.22. The van der Waals surface area contributed by atoms with Crippen LogP contribution in [0.5, 0.6) is 0 Å². The topological polar surface area (TPSA) is 3.24 Å². The minimum absolute atomic E-state index is 0.408. The molecule has 0 radical (unpaired) electrons. The van der Waals surface area contributed by atoms with E-state index in [-0.39, 0.29) is 0 Å². The summed E-state index contributed by atoms with van der Waals surface area (Å²) >= 11 is 0. The molecule has 1 aliphatic rings. The smallest absolute Gasteiger partial charge is 0.0125 e. The second-order valence-electron chi connectivity index (χ2n) is 3.91. The molecule has 1 fully saturated rings. The maximum absolute atomic E-state index is 2.59. The maximum Gasteiger partial charge on any atom is 0.0125 e. The van der Waals surface area contributed by atoms with Crippen molar-refractivity contribution in [3.63, 3.8) is 0 Å². The summed E-state index contributed by atoms with van der Waals surface area (Å²) in [6.07, 6.45) is 2.86. The van der Waals surface area contributed by atoms with Crippen LogP contribution in [0.3, 0.4) is 0 Å². The summed E-state index contributed by atoms with van der Waals surface area (Å²) in [7, 11) is 1.23. The van der Waals surface area contributed by atoms with Gasteiger partial charge in [0.2, 0.25) is 0 Å².